The van der Waals surface area contributed by atoms with Crippen molar-refractivity contribution < 1.29 is 8.85 Å². The van der Waals surface area contributed by atoms with Gasteiger partial charge in [0.05, 0.1) is 11.0 Å². The van der Waals surface area contributed by atoms with E-state index in [2.05, 4.69) is 104 Å². The number of hydrogen-bond donors (Lipinski definition) is 0. The minimum Gasteiger partial charge on any atom is -0.417 e. The molecule has 0 fully saturated rings. The van der Waals surface area contributed by atoms with Crippen molar-refractivity contribution in [2.24, 2.45) is 0 Å². The highest BCUT2D eigenvalue weighted by atomic mass is 28.4. The Kier molecular flexibility index (Phi) is 8.86. The third-order valence-corrected chi connectivity index (χ3v) is 17.4. The predicted octanol–water partition coefficient (Wildman–Crippen LogP) is 8.69. The van der Waals surface area contributed by atoms with Crippen molar-refractivity contribution in [1.82, 2.24) is 9.97 Å². The molecule has 0 saturated carbocycles. The second-order valence-corrected chi connectivity index (χ2v) is 22.9. The monoisotopic (exact) mass is 524 g/mol. The third kappa shape index (κ3) is 7.03. The minimum atomic E-state index is -1.70. The summed E-state index contributed by atoms with van der Waals surface area (Å²) in [5.74, 6) is 0. The van der Waals surface area contributed by atoms with Gasteiger partial charge in [-0.3, -0.25) is 9.97 Å². The van der Waals surface area contributed by atoms with Gasteiger partial charge in [-0.05, 0) is 74.1 Å². The summed E-state index contributed by atoms with van der Waals surface area (Å²) >= 11 is 0. The van der Waals surface area contributed by atoms with Crippen LogP contribution in [0.15, 0.2) is 36.4 Å². The molecule has 0 unspecified atom stereocenters. The van der Waals surface area contributed by atoms with E-state index in [0.717, 1.165) is 72.1 Å². The largest absolute Gasteiger partial charge is 0.417 e. The van der Waals surface area contributed by atoms with Crippen LogP contribution in [0.1, 0.15) is 65.8 Å². The van der Waals surface area contributed by atoms with E-state index >= 15 is 0 Å². The van der Waals surface area contributed by atoms with Crippen molar-refractivity contribution >= 4 is 38.4 Å². The van der Waals surface area contributed by atoms with Crippen LogP contribution in [0.2, 0.25) is 36.3 Å². The number of aryl methyl sites for hydroxylation is 2. The Hall–Kier alpha value is -1.61. The van der Waals surface area contributed by atoms with E-state index in [4.69, 9.17) is 18.8 Å². The molecule has 36 heavy (non-hydrogen) atoms. The SMILES string of the molecule is CC(C)(C)[Si](C)(C)OCCCc1ccc2ccc3ccc(CCCO[Si](C)(C)C(C)(C)C)nc3c2n1. The first kappa shape index (κ1) is 29.0. The van der Waals surface area contributed by atoms with Crippen LogP contribution in [-0.2, 0) is 21.7 Å². The topological polar surface area (TPSA) is 44.2 Å². The van der Waals surface area contributed by atoms with Gasteiger partial charge in [0, 0.05) is 35.4 Å². The summed E-state index contributed by atoms with van der Waals surface area (Å²) in [4.78, 5) is 10.1. The lowest BCUT2D eigenvalue weighted by molar-refractivity contribution is 0.282. The Balaban J connectivity index is 1.68. The predicted molar refractivity (Wildman–Crippen MR) is 160 cm³/mol. The average Bonchev–Trinajstić information content (AvgIpc) is 2.78. The third-order valence-electron chi connectivity index (χ3n) is 8.33. The van der Waals surface area contributed by atoms with Gasteiger partial charge >= 0.3 is 0 Å². The molecule has 0 atom stereocenters. The summed E-state index contributed by atoms with van der Waals surface area (Å²) in [6.07, 6.45) is 3.82. The van der Waals surface area contributed by atoms with Crippen LogP contribution in [0, 0.1) is 0 Å². The zero-order valence-electron chi connectivity index (χ0n) is 24.4. The number of fused-ring (bicyclic) bond motifs is 3. The highest BCUT2D eigenvalue weighted by Gasteiger charge is 2.37. The van der Waals surface area contributed by atoms with Gasteiger partial charge in [0.1, 0.15) is 0 Å². The van der Waals surface area contributed by atoms with Gasteiger partial charge in [-0.1, -0.05) is 65.8 Å². The molecule has 198 valence electrons. The highest BCUT2D eigenvalue weighted by Crippen LogP contribution is 2.37. The smallest absolute Gasteiger partial charge is 0.191 e. The van der Waals surface area contributed by atoms with Gasteiger partial charge in [-0.15, -0.1) is 0 Å². The molecule has 0 spiro atoms. The van der Waals surface area contributed by atoms with E-state index in [0.29, 0.717) is 0 Å². The van der Waals surface area contributed by atoms with Crippen LogP contribution in [-0.4, -0.2) is 39.8 Å². The van der Waals surface area contributed by atoms with E-state index in [1.165, 1.54) is 0 Å². The van der Waals surface area contributed by atoms with Crippen LogP contribution in [0.4, 0.5) is 0 Å². The lowest BCUT2D eigenvalue weighted by Crippen LogP contribution is -2.41. The number of hydrogen-bond acceptors (Lipinski definition) is 4. The zero-order chi connectivity index (χ0) is 26.8. The fourth-order valence-corrected chi connectivity index (χ4v) is 5.90. The van der Waals surface area contributed by atoms with Crippen LogP contribution < -0.4 is 0 Å². The quantitative estimate of drug-likeness (QED) is 0.151. The summed E-state index contributed by atoms with van der Waals surface area (Å²) in [7, 11) is -3.40. The lowest BCUT2D eigenvalue weighted by Gasteiger charge is -2.36. The molecule has 3 aromatic rings. The Labute approximate surface area is 221 Å². The van der Waals surface area contributed by atoms with Crippen LogP contribution in [0.3, 0.4) is 0 Å². The number of pyridine rings is 2. The second kappa shape index (κ2) is 11.0. The first-order chi connectivity index (χ1) is 16.6. The van der Waals surface area contributed by atoms with Crippen molar-refractivity contribution in [3.63, 3.8) is 0 Å². The molecule has 6 heteroatoms. The van der Waals surface area contributed by atoms with Crippen molar-refractivity contribution in [3.8, 4) is 0 Å². The van der Waals surface area contributed by atoms with E-state index in [1.54, 1.807) is 0 Å². The molecule has 2 aromatic heterocycles. The van der Waals surface area contributed by atoms with Crippen LogP contribution in [0.25, 0.3) is 21.8 Å². The van der Waals surface area contributed by atoms with Crippen LogP contribution in [0.5, 0.6) is 0 Å². The van der Waals surface area contributed by atoms with Gasteiger partial charge in [0.15, 0.2) is 16.6 Å². The molecular formula is C30H48N2O2Si2. The Morgan fingerprint density at radius 3 is 1.25 bits per heavy atom. The lowest BCUT2D eigenvalue weighted by atomic mass is 10.1. The van der Waals surface area contributed by atoms with E-state index in [1.807, 2.05) is 0 Å². The molecule has 0 aliphatic carbocycles. The van der Waals surface area contributed by atoms with Crippen molar-refractivity contribution in [2.75, 3.05) is 13.2 Å². The zero-order valence-corrected chi connectivity index (χ0v) is 26.4. The number of benzene rings is 1. The number of nitrogens with zero attached hydrogens (tertiary/aromatic N) is 2. The van der Waals surface area contributed by atoms with Crippen molar-refractivity contribution in [1.29, 1.82) is 0 Å². The van der Waals surface area contributed by atoms with E-state index in [9.17, 15) is 0 Å². The molecule has 4 nitrogen and oxygen atoms in total. The molecule has 2 heterocycles. The molecule has 3 rings (SSSR count). The Morgan fingerprint density at radius 2 is 0.917 bits per heavy atom. The number of rotatable bonds is 10. The maximum atomic E-state index is 6.37. The van der Waals surface area contributed by atoms with Crippen LogP contribution >= 0.6 is 0 Å². The first-order valence-electron chi connectivity index (χ1n) is 13.6. The van der Waals surface area contributed by atoms with Crippen molar-refractivity contribution in [2.45, 2.75) is 103 Å². The van der Waals surface area contributed by atoms with Gasteiger partial charge in [0.2, 0.25) is 0 Å². The molecule has 0 bridgehead atoms. The van der Waals surface area contributed by atoms with Gasteiger partial charge in [-0.2, -0.15) is 0 Å². The summed E-state index contributed by atoms with van der Waals surface area (Å²) in [6.45, 7) is 24.6. The average molecular weight is 525 g/mol. The van der Waals surface area contributed by atoms with Crippen molar-refractivity contribution in [3.05, 3.63) is 47.8 Å². The van der Waals surface area contributed by atoms with Gasteiger partial charge < -0.3 is 8.85 Å². The molecule has 0 N–H and O–H groups in total. The molecule has 0 aliphatic rings. The summed E-state index contributed by atoms with van der Waals surface area (Å²) in [5, 5.41) is 2.78. The highest BCUT2D eigenvalue weighted by molar-refractivity contribution is 6.74. The van der Waals surface area contributed by atoms with E-state index < -0.39 is 16.6 Å². The second-order valence-electron chi connectivity index (χ2n) is 13.2. The Bertz CT molecular complexity index is 1080. The van der Waals surface area contributed by atoms with E-state index in [-0.39, 0.29) is 10.1 Å². The first-order valence-corrected chi connectivity index (χ1v) is 19.4. The summed E-state index contributed by atoms with van der Waals surface area (Å²) in [6, 6.07) is 13.0. The molecular weight excluding hydrogens is 477 g/mol. The molecule has 0 saturated heterocycles. The fraction of sp³-hybridized carbons (Fsp3) is 0.600. The molecule has 0 amide bonds. The maximum Gasteiger partial charge on any atom is 0.191 e. The standard InChI is InChI=1S/C30H48N2O2Si2/c1-29(2,3)35(7,8)33-21-11-13-25-19-17-23-15-16-24-18-20-26(32-28(24)27(23)31-25)14-12-22-34-36(9,10)30(4,5)6/h15-20H,11-14,21-22H2,1-10H3. The maximum absolute atomic E-state index is 6.37. The summed E-state index contributed by atoms with van der Waals surface area (Å²) in [5.41, 5.74) is 4.25. The van der Waals surface area contributed by atoms with Gasteiger partial charge in [-0.25, -0.2) is 0 Å². The minimum absolute atomic E-state index is 0.243. The molecule has 0 aliphatic heterocycles. The molecule has 1 aromatic carbocycles. The Morgan fingerprint density at radius 1 is 0.583 bits per heavy atom. The normalized spacial score (nSPS) is 13.6. The number of aromatic nitrogens is 2. The summed E-state index contributed by atoms with van der Waals surface area (Å²) < 4.78 is 12.7. The fourth-order valence-electron chi connectivity index (χ4n) is 3.72. The van der Waals surface area contributed by atoms with Gasteiger partial charge in [0.25, 0.3) is 0 Å². The molecule has 0 radical (unpaired) electrons.